The van der Waals surface area contributed by atoms with Crippen LogP contribution in [0.1, 0.15) is 35.2 Å². The first-order chi connectivity index (χ1) is 16.9. The minimum Gasteiger partial charge on any atom is -0.356 e. The lowest BCUT2D eigenvalue weighted by Crippen LogP contribution is -2.67. The van der Waals surface area contributed by atoms with Crippen LogP contribution >= 0.6 is 11.6 Å². The molecule has 1 aromatic heterocycles. The Morgan fingerprint density at radius 3 is 2.49 bits per heavy atom. The van der Waals surface area contributed by atoms with E-state index in [1.165, 1.54) is 12.1 Å². The van der Waals surface area contributed by atoms with Crippen LogP contribution in [0.2, 0.25) is 5.02 Å². The van der Waals surface area contributed by atoms with Gasteiger partial charge in [-0.05, 0) is 53.9 Å². The average molecular weight is 488 g/mol. The van der Waals surface area contributed by atoms with Crippen LogP contribution in [0, 0.1) is 5.82 Å². The van der Waals surface area contributed by atoms with E-state index in [1.54, 1.807) is 21.9 Å². The van der Waals surface area contributed by atoms with Crippen LogP contribution in [-0.2, 0) is 21.7 Å². The van der Waals surface area contributed by atoms with Crippen molar-refractivity contribution in [2.75, 3.05) is 13.1 Å². The number of aromatic nitrogens is 1. The number of nitrogens with one attached hydrogen (secondary N) is 1. The van der Waals surface area contributed by atoms with Crippen molar-refractivity contribution in [1.82, 2.24) is 14.8 Å². The molecule has 2 atom stereocenters. The van der Waals surface area contributed by atoms with Crippen molar-refractivity contribution in [3.05, 3.63) is 106 Å². The van der Waals surface area contributed by atoms with Crippen molar-refractivity contribution in [3.63, 3.8) is 0 Å². The number of amides is 2. The Kier molecular flexibility index (Phi) is 4.97. The van der Waals surface area contributed by atoms with E-state index in [9.17, 15) is 14.0 Å². The molecule has 0 bridgehead atoms. The number of halogens is 2. The number of hydrogen-bond acceptors (Lipinski definition) is 2. The number of piperazine rings is 1. The Morgan fingerprint density at radius 1 is 1.03 bits per heavy atom. The maximum absolute atomic E-state index is 14.0. The van der Waals surface area contributed by atoms with Gasteiger partial charge in [0.15, 0.2) is 5.54 Å². The van der Waals surface area contributed by atoms with Crippen molar-refractivity contribution >= 4 is 34.3 Å². The first-order valence-corrected chi connectivity index (χ1v) is 11.9. The highest BCUT2D eigenvalue weighted by atomic mass is 35.5. The van der Waals surface area contributed by atoms with Gasteiger partial charge in [-0.3, -0.25) is 9.59 Å². The van der Waals surface area contributed by atoms with Crippen LogP contribution in [0.5, 0.6) is 0 Å². The van der Waals surface area contributed by atoms with Gasteiger partial charge in [0.05, 0.1) is 5.69 Å². The molecule has 0 spiro atoms. The molecule has 0 saturated carbocycles. The van der Waals surface area contributed by atoms with E-state index in [0.29, 0.717) is 11.6 Å². The van der Waals surface area contributed by atoms with Crippen LogP contribution < -0.4 is 0 Å². The lowest BCUT2D eigenvalue weighted by molar-refractivity contribution is -0.166. The van der Waals surface area contributed by atoms with Gasteiger partial charge in [-0.1, -0.05) is 54.1 Å². The number of carbonyl (C=O) groups is 2. The number of rotatable bonds is 3. The van der Waals surface area contributed by atoms with Crippen LogP contribution in [0.15, 0.2) is 72.8 Å². The summed E-state index contributed by atoms with van der Waals surface area (Å²) in [6.07, 6.45) is 0. The highest BCUT2D eigenvalue weighted by Crippen LogP contribution is 2.48. The number of para-hydroxylation sites is 1. The third kappa shape index (κ3) is 3.35. The lowest BCUT2D eigenvalue weighted by Gasteiger charge is -2.51. The molecule has 0 aliphatic carbocycles. The van der Waals surface area contributed by atoms with E-state index in [4.69, 9.17) is 11.6 Å². The number of H-pyrrole nitrogens is 1. The molecule has 2 amide bonds. The number of carbonyl (C=O) groups excluding carboxylic acids is 2. The zero-order valence-electron chi connectivity index (χ0n) is 19.1. The molecule has 2 aliphatic heterocycles. The van der Waals surface area contributed by atoms with Crippen molar-refractivity contribution in [2.45, 2.75) is 24.9 Å². The van der Waals surface area contributed by atoms with Crippen molar-refractivity contribution in [3.8, 4) is 0 Å². The average Bonchev–Trinajstić information content (AvgIpc) is 3.25. The number of benzene rings is 3. The number of fused-ring (bicyclic) bond motifs is 5. The summed E-state index contributed by atoms with van der Waals surface area (Å²) in [6, 6.07) is 21.7. The molecule has 3 heterocycles. The molecule has 4 aromatic rings. The minimum absolute atomic E-state index is 0.0191. The fraction of sp³-hybridized carbons (Fsp3) is 0.214. The van der Waals surface area contributed by atoms with E-state index in [1.807, 2.05) is 49.4 Å². The SMILES string of the molecule is C[C@]12C(=O)N(Cc3ccc(F)cc3)CC(=O)N1C[C@H](c1ccc(Cl)cc1)c1c2[nH]c2ccccc12. The Morgan fingerprint density at radius 2 is 1.74 bits per heavy atom. The standard InChI is InChI=1S/C28H23ClFN3O2/c1-28-26-25(21-4-2-3-5-23(21)31-26)22(18-8-10-19(29)11-9-18)15-33(28)24(34)16-32(27(28)35)14-17-6-12-20(30)13-7-17/h2-13,22,31H,14-16H2,1H3/t22-,28+/m1/s1. The highest BCUT2D eigenvalue weighted by Gasteiger charge is 2.56. The van der Waals surface area contributed by atoms with Gasteiger partial charge in [0, 0.05) is 34.9 Å². The van der Waals surface area contributed by atoms with Gasteiger partial charge < -0.3 is 14.8 Å². The molecular formula is C28H23ClFN3O2. The van der Waals surface area contributed by atoms with Crippen LogP contribution in [-0.4, -0.2) is 39.7 Å². The molecule has 5 nitrogen and oxygen atoms in total. The van der Waals surface area contributed by atoms with Gasteiger partial charge in [0.25, 0.3) is 5.91 Å². The molecule has 1 saturated heterocycles. The minimum atomic E-state index is -1.17. The van der Waals surface area contributed by atoms with Gasteiger partial charge in [-0.2, -0.15) is 0 Å². The summed E-state index contributed by atoms with van der Waals surface area (Å²) in [5.41, 5.74) is 3.34. The fourth-order valence-corrected chi connectivity index (χ4v) is 5.73. The summed E-state index contributed by atoms with van der Waals surface area (Å²) in [6.45, 7) is 2.44. The Hall–Kier alpha value is -3.64. The van der Waals surface area contributed by atoms with Crippen LogP contribution in [0.3, 0.4) is 0 Å². The van der Waals surface area contributed by atoms with Crippen molar-refractivity contribution < 1.29 is 14.0 Å². The normalized spacial score (nSPS) is 21.9. The summed E-state index contributed by atoms with van der Waals surface area (Å²) in [5.74, 6) is -0.704. The molecule has 1 N–H and O–H groups in total. The van der Waals surface area contributed by atoms with E-state index in [2.05, 4.69) is 11.1 Å². The third-order valence-electron chi connectivity index (χ3n) is 7.38. The predicted molar refractivity (Wildman–Crippen MR) is 132 cm³/mol. The monoisotopic (exact) mass is 487 g/mol. The number of nitrogens with zero attached hydrogens (tertiary/aromatic N) is 2. The molecule has 0 radical (unpaired) electrons. The molecule has 3 aromatic carbocycles. The molecule has 1 fully saturated rings. The highest BCUT2D eigenvalue weighted by molar-refractivity contribution is 6.30. The third-order valence-corrected chi connectivity index (χ3v) is 7.63. The van der Waals surface area contributed by atoms with Gasteiger partial charge >= 0.3 is 0 Å². The van der Waals surface area contributed by atoms with E-state index < -0.39 is 5.54 Å². The van der Waals surface area contributed by atoms with Gasteiger partial charge in [0.1, 0.15) is 12.4 Å². The molecule has 2 aliphatic rings. The number of hydrogen-bond donors (Lipinski definition) is 1. The second kappa shape index (κ2) is 7.95. The van der Waals surface area contributed by atoms with Gasteiger partial charge in [0.2, 0.25) is 5.91 Å². The topological polar surface area (TPSA) is 56.4 Å². The summed E-state index contributed by atoms with van der Waals surface area (Å²) in [5, 5.41) is 1.69. The second-order valence-corrected chi connectivity index (χ2v) is 9.86. The van der Waals surface area contributed by atoms with E-state index >= 15 is 0 Å². The second-order valence-electron chi connectivity index (χ2n) is 9.43. The maximum atomic E-state index is 14.0. The van der Waals surface area contributed by atoms with Crippen LogP contribution in [0.25, 0.3) is 10.9 Å². The van der Waals surface area contributed by atoms with Crippen molar-refractivity contribution in [1.29, 1.82) is 0 Å². The first kappa shape index (κ1) is 21.9. The molecule has 6 rings (SSSR count). The van der Waals surface area contributed by atoms with Crippen LogP contribution in [0.4, 0.5) is 4.39 Å². The molecule has 7 heteroatoms. The molecule has 176 valence electrons. The van der Waals surface area contributed by atoms with E-state index in [0.717, 1.165) is 33.3 Å². The summed E-state index contributed by atoms with van der Waals surface area (Å²) in [7, 11) is 0. The number of aromatic amines is 1. The lowest BCUT2D eigenvalue weighted by atomic mass is 9.76. The quantitative estimate of drug-likeness (QED) is 0.432. The van der Waals surface area contributed by atoms with Crippen molar-refractivity contribution in [2.24, 2.45) is 0 Å². The van der Waals surface area contributed by atoms with E-state index in [-0.39, 0.29) is 36.6 Å². The molecule has 35 heavy (non-hydrogen) atoms. The summed E-state index contributed by atoms with van der Waals surface area (Å²) >= 11 is 6.15. The first-order valence-electron chi connectivity index (χ1n) is 11.6. The largest absolute Gasteiger partial charge is 0.356 e. The molecule has 0 unspecified atom stereocenters. The maximum Gasteiger partial charge on any atom is 0.255 e. The fourth-order valence-electron chi connectivity index (χ4n) is 5.61. The molecular weight excluding hydrogens is 465 g/mol. The Balaban J connectivity index is 1.49. The van der Waals surface area contributed by atoms with Gasteiger partial charge in [-0.25, -0.2) is 4.39 Å². The smallest absolute Gasteiger partial charge is 0.255 e. The Bertz CT molecular complexity index is 1460. The summed E-state index contributed by atoms with van der Waals surface area (Å²) in [4.78, 5) is 34.4. The van der Waals surface area contributed by atoms with Gasteiger partial charge in [-0.15, -0.1) is 0 Å². The summed E-state index contributed by atoms with van der Waals surface area (Å²) < 4.78 is 13.4. The zero-order chi connectivity index (χ0) is 24.3. The predicted octanol–water partition coefficient (Wildman–Crippen LogP) is 5.19. The zero-order valence-corrected chi connectivity index (χ0v) is 19.8. The Labute approximate surface area is 207 Å².